The molecular formula is C15H16O3. The van der Waals surface area contributed by atoms with Gasteiger partial charge in [0.15, 0.2) is 11.4 Å². The van der Waals surface area contributed by atoms with Crippen LogP contribution in [0.1, 0.15) is 32.8 Å². The maximum atomic E-state index is 11.8. The van der Waals surface area contributed by atoms with E-state index in [2.05, 4.69) is 12.0 Å². The molecule has 0 aromatic heterocycles. The molecule has 0 radical (unpaired) electrons. The molecule has 0 fully saturated rings. The van der Waals surface area contributed by atoms with E-state index in [0.29, 0.717) is 17.9 Å². The van der Waals surface area contributed by atoms with E-state index in [1.807, 2.05) is 13.0 Å². The number of carbonyl (C=O) groups is 1. The van der Waals surface area contributed by atoms with E-state index in [1.165, 1.54) is 0 Å². The molecular weight excluding hydrogens is 228 g/mol. The van der Waals surface area contributed by atoms with Crippen molar-refractivity contribution in [3.8, 4) is 23.5 Å². The van der Waals surface area contributed by atoms with Crippen molar-refractivity contribution in [3.63, 3.8) is 0 Å². The number of Topliss-reactive ketones (excluding diaryl/α,β-unsaturated/α-hetero) is 1. The molecule has 3 nitrogen and oxygen atoms in total. The third kappa shape index (κ3) is 2.48. The fourth-order valence-electron chi connectivity index (χ4n) is 1.72. The molecule has 0 spiro atoms. The summed E-state index contributed by atoms with van der Waals surface area (Å²) in [5.41, 5.74) is 0.135. The minimum Gasteiger partial charge on any atom is -0.480 e. The summed E-state index contributed by atoms with van der Waals surface area (Å²) in [7, 11) is 0. The Hall–Kier alpha value is -1.95. The zero-order valence-electron chi connectivity index (χ0n) is 10.9. The van der Waals surface area contributed by atoms with E-state index in [9.17, 15) is 4.79 Å². The predicted octanol–water partition coefficient (Wildman–Crippen LogP) is 2.72. The van der Waals surface area contributed by atoms with Crippen molar-refractivity contribution >= 4 is 5.78 Å². The van der Waals surface area contributed by atoms with Gasteiger partial charge in [-0.2, -0.15) is 0 Å². The van der Waals surface area contributed by atoms with Crippen molar-refractivity contribution in [2.75, 3.05) is 0 Å². The molecule has 0 saturated carbocycles. The van der Waals surface area contributed by atoms with E-state index in [4.69, 9.17) is 9.47 Å². The molecule has 0 atom stereocenters. The Kier molecular flexibility index (Phi) is 3.29. The third-order valence-electron chi connectivity index (χ3n) is 2.84. The molecule has 0 unspecified atom stereocenters. The summed E-state index contributed by atoms with van der Waals surface area (Å²) in [5.74, 6) is 4.27. The molecule has 2 rings (SSSR count). The molecule has 3 heteroatoms. The molecule has 0 bridgehead atoms. The van der Waals surface area contributed by atoms with Gasteiger partial charge < -0.3 is 9.47 Å². The quantitative estimate of drug-likeness (QED) is 0.712. The first-order chi connectivity index (χ1) is 8.53. The van der Waals surface area contributed by atoms with E-state index < -0.39 is 5.60 Å². The Morgan fingerprint density at radius 3 is 2.94 bits per heavy atom. The Bertz CT molecular complexity index is 532. The Labute approximate surface area is 107 Å². The molecule has 0 amide bonds. The maximum Gasteiger partial charge on any atom is 0.180 e. The van der Waals surface area contributed by atoms with Crippen LogP contribution in [-0.2, 0) is 11.2 Å². The summed E-state index contributed by atoms with van der Waals surface area (Å²) in [6.07, 6.45) is 3.77. The highest BCUT2D eigenvalue weighted by atomic mass is 16.5. The number of benzene rings is 1. The Balaban J connectivity index is 2.25. The summed E-state index contributed by atoms with van der Waals surface area (Å²) >= 11 is 0. The topological polar surface area (TPSA) is 35.5 Å². The Morgan fingerprint density at radius 1 is 1.44 bits per heavy atom. The SMILES string of the molecule is CCC#COc1ccc2c(c1)OC(C)(C)C(=O)C2. The summed E-state index contributed by atoms with van der Waals surface area (Å²) in [6.45, 7) is 5.52. The van der Waals surface area contributed by atoms with Gasteiger partial charge in [-0.1, -0.05) is 18.9 Å². The van der Waals surface area contributed by atoms with Gasteiger partial charge in [0.25, 0.3) is 0 Å². The van der Waals surface area contributed by atoms with Crippen LogP contribution in [0, 0.1) is 12.0 Å². The molecule has 1 aromatic rings. The minimum atomic E-state index is -0.763. The van der Waals surface area contributed by atoms with Crippen LogP contribution in [0.4, 0.5) is 0 Å². The number of ketones is 1. The fourth-order valence-corrected chi connectivity index (χ4v) is 1.72. The number of hydrogen-bond donors (Lipinski definition) is 0. The number of rotatable bonds is 1. The highest BCUT2D eigenvalue weighted by Crippen LogP contribution is 2.33. The molecule has 1 heterocycles. The zero-order chi connectivity index (χ0) is 13.2. The second-order valence-electron chi connectivity index (χ2n) is 4.72. The van der Waals surface area contributed by atoms with Crippen molar-refractivity contribution in [1.29, 1.82) is 0 Å². The van der Waals surface area contributed by atoms with Crippen LogP contribution in [0.25, 0.3) is 0 Å². The van der Waals surface area contributed by atoms with Gasteiger partial charge in [0.2, 0.25) is 0 Å². The highest BCUT2D eigenvalue weighted by Gasteiger charge is 2.35. The fraction of sp³-hybridized carbons (Fsp3) is 0.400. The third-order valence-corrected chi connectivity index (χ3v) is 2.84. The van der Waals surface area contributed by atoms with Crippen LogP contribution in [0.15, 0.2) is 18.2 Å². The molecule has 18 heavy (non-hydrogen) atoms. The first-order valence-corrected chi connectivity index (χ1v) is 6.03. The average molecular weight is 244 g/mol. The van der Waals surface area contributed by atoms with Gasteiger partial charge in [0, 0.05) is 24.5 Å². The number of ether oxygens (including phenoxy) is 2. The zero-order valence-corrected chi connectivity index (χ0v) is 10.9. The van der Waals surface area contributed by atoms with Crippen molar-refractivity contribution in [3.05, 3.63) is 23.8 Å². The molecule has 1 aliphatic rings. The van der Waals surface area contributed by atoms with Crippen LogP contribution in [-0.4, -0.2) is 11.4 Å². The second kappa shape index (κ2) is 4.73. The van der Waals surface area contributed by atoms with Crippen LogP contribution in [0.3, 0.4) is 0 Å². The lowest BCUT2D eigenvalue weighted by Gasteiger charge is -2.31. The predicted molar refractivity (Wildman–Crippen MR) is 68.6 cm³/mol. The molecule has 0 saturated heterocycles. The maximum absolute atomic E-state index is 11.8. The summed E-state index contributed by atoms with van der Waals surface area (Å²) in [4.78, 5) is 11.8. The average Bonchev–Trinajstić information content (AvgIpc) is 2.31. The lowest BCUT2D eigenvalue weighted by Crippen LogP contribution is -2.42. The van der Waals surface area contributed by atoms with E-state index in [0.717, 1.165) is 12.0 Å². The normalized spacial score (nSPS) is 16.1. The van der Waals surface area contributed by atoms with Crippen molar-refractivity contribution in [1.82, 2.24) is 0 Å². The van der Waals surface area contributed by atoms with Gasteiger partial charge in [-0.25, -0.2) is 0 Å². The molecule has 1 aliphatic heterocycles. The van der Waals surface area contributed by atoms with Gasteiger partial charge >= 0.3 is 0 Å². The lowest BCUT2D eigenvalue weighted by atomic mass is 9.93. The largest absolute Gasteiger partial charge is 0.480 e. The first-order valence-electron chi connectivity index (χ1n) is 6.03. The Morgan fingerprint density at radius 2 is 2.22 bits per heavy atom. The number of hydrogen-bond acceptors (Lipinski definition) is 3. The summed E-state index contributed by atoms with van der Waals surface area (Å²) < 4.78 is 11.0. The van der Waals surface area contributed by atoms with Crippen LogP contribution < -0.4 is 9.47 Å². The molecule has 0 aliphatic carbocycles. The van der Waals surface area contributed by atoms with Gasteiger partial charge in [0.05, 0.1) is 0 Å². The van der Waals surface area contributed by atoms with Crippen molar-refractivity contribution in [2.45, 2.75) is 39.2 Å². The van der Waals surface area contributed by atoms with Gasteiger partial charge in [0.1, 0.15) is 17.6 Å². The number of carbonyl (C=O) groups excluding carboxylic acids is 1. The van der Waals surface area contributed by atoms with E-state index in [1.54, 1.807) is 26.0 Å². The minimum absolute atomic E-state index is 0.0921. The molecule has 1 aromatic carbocycles. The summed E-state index contributed by atoms with van der Waals surface area (Å²) in [5, 5.41) is 0. The molecule has 94 valence electrons. The smallest absolute Gasteiger partial charge is 0.180 e. The lowest BCUT2D eigenvalue weighted by molar-refractivity contribution is -0.132. The standard InChI is InChI=1S/C15H16O3/c1-4-5-8-17-12-7-6-11-9-14(16)15(2,3)18-13(11)10-12/h6-7,10H,4,9H2,1-3H3. The van der Waals surface area contributed by atoms with Gasteiger partial charge in [-0.15, -0.1) is 0 Å². The van der Waals surface area contributed by atoms with Crippen molar-refractivity contribution in [2.24, 2.45) is 0 Å². The van der Waals surface area contributed by atoms with Crippen LogP contribution in [0.2, 0.25) is 0 Å². The van der Waals surface area contributed by atoms with Crippen molar-refractivity contribution < 1.29 is 14.3 Å². The highest BCUT2D eigenvalue weighted by molar-refractivity contribution is 5.90. The van der Waals surface area contributed by atoms with E-state index >= 15 is 0 Å². The number of fused-ring (bicyclic) bond motifs is 1. The van der Waals surface area contributed by atoms with Crippen LogP contribution >= 0.6 is 0 Å². The summed E-state index contributed by atoms with van der Waals surface area (Å²) in [6, 6.07) is 5.44. The molecule has 0 N–H and O–H groups in total. The van der Waals surface area contributed by atoms with Crippen LogP contribution in [0.5, 0.6) is 11.5 Å². The van der Waals surface area contributed by atoms with Gasteiger partial charge in [-0.3, -0.25) is 4.79 Å². The van der Waals surface area contributed by atoms with Gasteiger partial charge in [-0.05, 0) is 19.9 Å². The monoisotopic (exact) mass is 244 g/mol. The van der Waals surface area contributed by atoms with E-state index in [-0.39, 0.29) is 5.78 Å². The first kappa shape index (κ1) is 12.5. The second-order valence-corrected chi connectivity index (χ2v) is 4.72.